The van der Waals surface area contributed by atoms with Gasteiger partial charge in [0.2, 0.25) is 0 Å². The average Bonchev–Trinajstić information content (AvgIpc) is 3.09. The number of para-hydroxylation sites is 2. The van der Waals surface area contributed by atoms with E-state index in [1.54, 1.807) is 24.3 Å². The quantitative estimate of drug-likeness (QED) is 0.633. The summed E-state index contributed by atoms with van der Waals surface area (Å²) in [7, 11) is 2.08. The molecule has 0 aliphatic carbocycles. The molecule has 0 aromatic heterocycles. The van der Waals surface area contributed by atoms with Crippen molar-refractivity contribution in [1.82, 2.24) is 9.80 Å². The number of carboxylic acids is 2. The largest absolute Gasteiger partial charge is 0.507 e. The van der Waals surface area contributed by atoms with Crippen molar-refractivity contribution in [1.29, 1.82) is 0 Å². The lowest BCUT2D eigenvalue weighted by molar-refractivity contribution is 0.0682. The van der Waals surface area contributed by atoms with Crippen LogP contribution in [0, 0.1) is 0 Å². The molecule has 28 heavy (non-hydrogen) atoms. The van der Waals surface area contributed by atoms with Crippen molar-refractivity contribution >= 4 is 11.9 Å². The van der Waals surface area contributed by atoms with Crippen LogP contribution in [-0.4, -0.2) is 62.4 Å². The van der Waals surface area contributed by atoms with Crippen LogP contribution in [0.25, 0.3) is 0 Å². The van der Waals surface area contributed by atoms with Gasteiger partial charge in [0.25, 0.3) is 0 Å². The van der Waals surface area contributed by atoms with Gasteiger partial charge in [-0.1, -0.05) is 24.3 Å². The van der Waals surface area contributed by atoms with Gasteiger partial charge >= 0.3 is 11.9 Å². The standard InChI is InChI=1S/2C7H6O3.C6H12N2/c2*8-6-4-2-1-3-5(6)7(9)10;1-3-8-5-4-7(2)6-8/h2*1-4,8H,(H,9,10);4-5H,3,6H2,1-2H3. The van der Waals surface area contributed by atoms with Crippen LogP contribution in [0.15, 0.2) is 60.9 Å². The summed E-state index contributed by atoms with van der Waals surface area (Å²) >= 11 is 0. The van der Waals surface area contributed by atoms with Gasteiger partial charge in [0.05, 0.1) is 6.67 Å². The molecule has 0 spiro atoms. The molecular formula is C20H24N2O6. The predicted molar refractivity (Wildman–Crippen MR) is 104 cm³/mol. The SMILES string of the molecule is CCN1C=CN(C)C1.O=C(O)c1ccccc1O.O=C(O)c1ccccc1O. The number of nitrogens with zero attached hydrogens (tertiary/aromatic N) is 2. The van der Waals surface area contributed by atoms with E-state index in [1.165, 1.54) is 24.3 Å². The maximum atomic E-state index is 10.3. The summed E-state index contributed by atoms with van der Waals surface area (Å²) in [4.78, 5) is 24.9. The Hall–Kier alpha value is -3.68. The van der Waals surface area contributed by atoms with E-state index in [4.69, 9.17) is 20.4 Å². The lowest BCUT2D eigenvalue weighted by Crippen LogP contribution is -2.21. The predicted octanol–water partition coefficient (Wildman–Crippen LogP) is 2.86. The molecule has 4 N–H and O–H groups in total. The van der Waals surface area contributed by atoms with E-state index < -0.39 is 11.9 Å². The van der Waals surface area contributed by atoms with Crippen LogP contribution in [0.1, 0.15) is 27.6 Å². The summed E-state index contributed by atoms with van der Waals surface area (Å²) in [6, 6.07) is 11.6. The number of aromatic carboxylic acids is 2. The smallest absolute Gasteiger partial charge is 0.339 e. The third-order valence-corrected chi connectivity index (χ3v) is 3.61. The Balaban J connectivity index is 0.000000212. The van der Waals surface area contributed by atoms with E-state index >= 15 is 0 Å². The summed E-state index contributed by atoms with van der Waals surface area (Å²) in [5, 5.41) is 34.6. The molecule has 2 aromatic carbocycles. The van der Waals surface area contributed by atoms with Crippen molar-refractivity contribution in [2.75, 3.05) is 20.3 Å². The number of hydrogen-bond donors (Lipinski definition) is 4. The molecule has 0 amide bonds. The Labute approximate surface area is 163 Å². The minimum atomic E-state index is -1.11. The minimum absolute atomic E-state index is 0.0671. The first kappa shape index (κ1) is 22.4. The molecule has 1 aliphatic heterocycles. The first-order valence-corrected chi connectivity index (χ1v) is 8.41. The lowest BCUT2D eigenvalue weighted by atomic mass is 10.2. The van der Waals surface area contributed by atoms with Gasteiger partial charge in [-0.25, -0.2) is 9.59 Å². The zero-order valence-corrected chi connectivity index (χ0v) is 15.7. The molecule has 0 bridgehead atoms. The second kappa shape index (κ2) is 11.1. The summed E-state index contributed by atoms with van der Waals surface area (Å²) in [5.74, 6) is -2.62. The highest BCUT2D eigenvalue weighted by atomic mass is 16.4. The molecule has 0 radical (unpaired) electrons. The van der Waals surface area contributed by atoms with Gasteiger partial charge in [0.1, 0.15) is 22.6 Å². The number of carboxylic acid groups (broad SMARTS) is 2. The van der Waals surface area contributed by atoms with Crippen molar-refractivity contribution in [3.8, 4) is 11.5 Å². The molecular weight excluding hydrogens is 364 g/mol. The Morgan fingerprint density at radius 3 is 1.50 bits per heavy atom. The third-order valence-electron chi connectivity index (χ3n) is 3.61. The normalized spacial score (nSPS) is 11.8. The molecule has 1 aliphatic rings. The van der Waals surface area contributed by atoms with Gasteiger partial charge in [-0.2, -0.15) is 0 Å². The first-order valence-electron chi connectivity index (χ1n) is 8.41. The molecule has 8 heteroatoms. The van der Waals surface area contributed by atoms with Crippen LogP contribution >= 0.6 is 0 Å². The van der Waals surface area contributed by atoms with Gasteiger partial charge in [-0.3, -0.25) is 0 Å². The van der Waals surface area contributed by atoms with Gasteiger partial charge in [0, 0.05) is 26.0 Å². The number of aromatic hydroxyl groups is 2. The molecule has 2 aromatic rings. The highest BCUT2D eigenvalue weighted by Crippen LogP contribution is 2.15. The minimum Gasteiger partial charge on any atom is -0.507 e. The summed E-state index contributed by atoms with van der Waals surface area (Å²) in [6.45, 7) is 4.32. The Morgan fingerprint density at radius 1 is 0.857 bits per heavy atom. The van der Waals surface area contributed by atoms with Crippen molar-refractivity contribution in [2.45, 2.75) is 6.92 Å². The highest BCUT2D eigenvalue weighted by Gasteiger charge is 2.06. The van der Waals surface area contributed by atoms with Gasteiger partial charge in [0.15, 0.2) is 0 Å². The molecule has 8 nitrogen and oxygen atoms in total. The van der Waals surface area contributed by atoms with Gasteiger partial charge in [-0.05, 0) is 31.2 Å². The van der Waals surface area contributed by atoms with Crippen molar-refractivity contribution in [3.63, 3.8) is 0 Å². The third kappa shape index (κ3) is 7.28. The van der Waals surface area contributed by atoms with Crippen LogP contribution in [0.4, 0.5) is 0 Å². The van der Waals surface area contributed by atoms with Crippen molar-refractivity contribution in [2.24, 2.45) is 0 Å². The van der Waals surface area contributed by atoms with Gasteiger partial charge in [-0.15, -0.1) is 0 Å². The van der Waals surface area contributed by atoms with E-state index in [0.717, 1.165) is 13.2 Å². The second-order valence-corrected chi connectivity index (χ2v) is 5.75. The van der Waals surface area contributed by atoms with E-state index in [0.29, 0.717) is 0 Å². The zero-order chi connectivity index (χ0) is 21.1. The second-order valence-electron chi connectivity index (χ2n) is 5.75. The summed E-state index contributed by atoms with van der Waals surface area (Å²) < 4.78 is 0. The topological polar surface area (TPSA) is 122 Å². The number of rotatable bonds is 3. The number of phenols is 2. The molecule has 0 unspecified atom stereocenters. The molecule has 3 rings (SSSR count). The lowest BCUT2D eigenvalue weighted by Gasteiger charge is -2.14. The molecule has 1 heterocycles. The van der Waals surface area contributed by atoms with Crippen LogP contribution < -0.4 is 0 Å². The zero-order valence-electron chi connectivity index (χ0n) is 15.7. The van der Waals surface area contributed by atoms with E-state index in [1.807, 2.05) is 0 Å². The molecule has 0 saturated heterocycles. The van der Waals surface area contributed by atoms with Crippen LogP contribution in [0.3, 0.4) is 0 Å². The molecule has 150 valence electrons. The van der Waals surface area contributed by atoms with Gasteiger partial charge < -0.3 is 30.2 Å². The van der Waals surface area contributed by atoms with Crippen molar-refractivity contribution in [3.05, 3.63) is 72.1 Å². The summed E-state index contributed by atoms with van der Waals surface area (Å²) in [6.07, 6.45) is 4.20. The number of benzene rings is 2. The molecule has 0 atom stereocenters. The fourth-order valence-corrected chi connectivity index (χ4v) is 2.10. The Morgan fingerprint density at radius 2 is 1.29 bits per heavy atom. The van der Waals surface area contributed by atoms with Crippen LogP contribution in [-0.2, 0) is 0 Å². The number of carbonyl (C=O) groups is 2. The van der Waals surface area contributed by atoms with E-state index in [2.05, 4.69) is 36.2 Å². The molecule has 0 fully saturated rings. The van der Waals surface area contributed by atoms with Crippen LogP contribution in [0.5, 0.6) is 11.5 Å². The summed E-state index contributed by atoms with van der Waals surface area (Å²) in [5.41, 5.74) is -0.134. The van der Waals surface area contributed by atoms with Crippen LogP contribution in [0.2, 0.25) is 0 Å². The maximum absolute atomic E-state index is 10.3. The fraction of sp³-hybridized carbons (Fsp3) is 0.200. The molecule has 0 saturated carbocycles. The van der Waals surface area contributed by atoms with E-state index in [-0.39, 0.29) is 22.6 Å². The highest BCUT2D eigenvalue weighted by molar-refractivity contribution is 5.91. The van der Waals surface area contributed by atoms with Crippen molar-refractivity contribution < 1.29 is 30.0 Å². The Bertz CT molecular complexity index is 766. The Kier molecular flexibility index (Phi) is 8.88. The maximum Gasteiger partial charge on any atom is 0.339 e. The number of hydrogen-bond acceptors (Lipinski definition) is 6. The average molecular weight is 388 g/mol. The fourth-order valence-electron chi connectivity index (χ4n) is 2.10. The first-order chi connectivity index (χ1) is 13.3. The van der Waals surface area contributed by atoms with E-state index in [9.17, 15) is 9.59 Å². The monoisotopic (exact) mass is 388 g/mol.